The summed E-state index contributed by atoms with van der Waals surface area (Å²) < 4.78 is 0. The molecule has 0 bridgehead atoms. The number of carbonyl (C=O) groups excluding carboxylic acids is 4. The van der Waals surface area contributed by atoms with Gasteiger partial charge in [0.05, 0.1) is 12.0 Å². The Morgan fingerprint density at radius 2 is 1.66 bits per heavy atom. The number of aliphatic hydroxyl groups excluding tert-OH is 2. The van der Waals surface area contributed by atoms with Crippen LogP contribution < -0.4 is 0 Å². The normalized spacial score (nSPS) is 41.4. The van der Waals surface area contributed by atoms with Crippen LogP contribution in [-0.2, 0) is 24.0 Å². The quantitative estimate of drug-likeness (QED) is 0.461. The monoisotopic (exact) mass is 528 g/mol. The lowest BCUT2D eigenvalue weighted by molar-refractivity contribution is -0.156. The SMILES string of the molecule is C/C(=C\C(=O)C[C@H](C)C(=O)O)[C@H]1C[C@H](O)[C@@]2(C)C3=C(C(=O)[C@@H](O)[C@]12C)[C@@]1(C)CCC(=O)C(C)(C)[C@@H]1CC3=O. The average molecular weight is 529 g/mol. The Labute approximate surface area is 223 Å². The minimum absolute atomic E-state index is 0.0558. The van der Waals surface area contributed by atoms with Crippen molar-refractivity contribution in [3.05, 3.63) is 22.8 Å². The van der Waals surface area contributed by atoms with E-state index in [0.29, 0.717) is 12.0 Å². The first-order chi connectivity index (χ1) is 17.4. The van der Waals surface area contributed by atoms with E-state index in [1.165, 1.54) is 13.0 Å². The third kappa shape index (κ3) is 3.52. The van der Waals surface area contributed by atoms with Crippen LogP contribution in [0.5, 0.6) is 0 Å². The summed E-state index contributed by atoms with van der Waals surface area (Å²) >= 11 is 0. The van der Waals surface area contributed by atoms with Gasteiger partial charge in [-0.15, -0.1) is 0 Å². The largest absolute Gasteiger partial charge is 0.481 e. The Hall–Kier alpha value is -2.45. The highest BCUT2D eigenvalue weighted by molar-refractivity contribution is 6.14. The Kier molecular flexibility index (Phi) is 6.60. The number of carbonyl (C=O) groups is 5. The molecule has 208 valence electrons. The number of carboxylic acids is 1. The summed E-state index contributed by atoms with van der Waals surface area (Å²) in [6.07, 6.45) is -0.559. The summed E-state index contributed by atoms with van der Waals surface area (Å²) in [7, 11) is 0. The average Bonchev–Trinajstić information content (AvgIpc) is 3.03. The Balaban J connectivity index is 1.86. The molecule has 8 heteroatoms. The molecule has 0 aromatic rings. The zero-order valence-corrected chi connectivity index (χ0v) is 23.4. The van der Waals surface area contributed by atoms with Gasteiger partial charge in [0.25, 0.3) is 0 Å². The molecule has 3 N–H and O–H groups in total. The van der Waals surface area contributed by atoms with Crippen molar-refractivity contribution in [1.29, 1.82) is 0 Å². The first-order valence-corrected chi connectivity index (χ1v) is 13.5. The molecule has 0 unspecified atom stereocenters. The van der Waals surface area contributed by atoms with E-state index in [9.17, 15) is 34.2 Å². The highest BCUT2D eigenvalue weighted by Gasteiger charge is 2.73. The van der Waals surface area contributed by atoms with E-state index in [-0.39, 0.29) is 54.2 Å². The number of carboxylic acid groups (broad SMARTS) is 1. The minimum Gasteiger partial charge on any atom is -0.481 e. The molecule has 38 heavy (non-hydrogen) atoms. The van der Waals surface area contributed by atoms with E-state index < -0.39 is 63.4 Å². The van der Waals surface area contributed by atoms with Crippen LogP contribution in [0.25, 0.3) is 0 Å². The molecule has 0 aromatic heterocycles. The molecule has 0 aliphatic heterocycles. The predicted octanol–water partition coefficient (Wildman–Crippen LogP) is 3.23. The summed E-state index contributed by atoms with van der Waals surface area (Å²) in [6, 6.07) is 0. The van der Waals surface area contributed by atoms with Gasteiger partial charge in [-0.05, 0) is 37.7 Å². The van der Waals surface area contributed by atoms with Crippen LogP contribution in [0.2, 0.25) is 0 Å². The maximum atomic E-state index is 14.1. The van der Waals surface area contributed by atoms with E-state index in [1.54, 1.807) is 20.8 Å². The number of aliphatic carboxylic acids is 1. The van der Waals surface area contributed by atoms with Crippen LogP contribution in [-0.4, -0.2) is 56.6 Å². The van der Waals surface area contributed by atoms with Gasteiger partial charge < -0.3 is 15.3 Å². The van der Waals surface area contributed by atoms with Crippen molar-refractivity contribution in [2.45, 2.75) is 92.8 Å². The fourth-order valence-corrected chi connectivity index (χ4v) is 8.51. The van der Waals surface area contributed by atoms with E-state index in [2.05, 4.69) is 0 Å². The van der Waals surface area contributed by atoms with E-state index in [4.69, 9.17) is 5.11 Å². The number of ketones is 4. The minimum atomic E-state index is -1.53. The van der Waals surface area contributed by atoms with Gasteiger partial charge in [0.1, 0.15) is 11.9 Å². The Morgan fingerprint density at radius 3 is 2.24 bits per heavy atom. The first kappa shape index (κ1) is 28.6. The summed E-state index contributed by atoms with van der Waals surface area (Å²) in [4.78, 5) is 64.7. The molecule has 0 spiro atoms. The Morgan fingerprint density at radius 1 is 1.05 bits per heavy atom. The summed E-state index contributed by atoms with van der Waals surface area (Å²) in [5.41, 5.74) is -3.08. The molecule has 0 aromatic carbocycles. The molecule has 0 amide bonds. The maximum absolute atomic E-state index is 14.1. The molecule has 0 radical (unpaired) electrons. The number of Topliss-reactive ketones (excluding diaryl/α,β-unsaturated/α-hetero) is 3. The molecule has 4 aliphatic rings. The van der Waals surface area contributed by atoms with Crippen molar-refractivity contribution in [3.63, 3.8) is 0 Å². The van der Waals surface area contributed by atoms with Crippen molar-refractivity contribution in [2.75, 3.05) is 0 Å². The highest BCUT2D eigenvalue weighted by Crippen LogP contribution is 2.70. The molecule has 4 rings (SSSR count). The number of hydrogen-bond acceptors (Lipinski definition) is 7. The molecule has 8 nitrogen and oxygen atoms in total. The summed E-state index contributed by atoms with van der Waals surface area (Å²) in [6.45, 7) is 12.1. The molecule has 0 saturated heterocycles. The molecule has 0 heterocycles. The standard InChI is InChI=1S/C30H40O8/c1-14(10-16(31)11-15(2)26(37)38)17-12-21(34)30(7)22-18(32)13-19-27(3,4)20(33)8-9-28(19,5)23(22)24(35)25(36)29(17,30)6/h10,15,17,19,21,25,34,36H,8-9,11-13H2,1-7H3,(H,37,38)/b14-10+/t15-,17+,19-,21-,25+,28-,29-,30-/m0/s1. The second-order valence-corrected chi connectivity index (χ2v) is 13.3. The summed E-state index contributed by atoms with van der Waals surface area (Å²) in [5, 5.41) is 32.4. The molecular formula is C30H40O8. The lowest BCUT2D eigenvalue weighted by Gasteiger charge is -2.60. The Bertz CT molecular complexity index is 1210. The predicted molar refractivity (Wildman–Crippen MR) is 138 cm³/mol. The number of allylic oxidation sites excluding steroid dienone is 2. The molecule has 8 atom stereocenters. The van der Waals surface area contributed by atoms with Gasteiger partial charge >= 0.3 is 5.97 Å². The highest BCUT2D eigenvalue weighted by atomic mass is 16.4. The van der Waals surface area contributed by atoms with Gasteiger partial charge in [0.15, 0.2) is 17.3 Å². The van der Waals surface area contributed by atoms with E-state index >= 15 is 0 Å². The van der Waals surface area contributed by atoms with Crippen molar-refractivity contribution < 1.29 is 39.3 Å². The van der Waals surface area contributed by atoms with Crippen molar-refractivity contribution in [1.82, 2.24) is 0 Å². The zero-order chi connectivity index (χ0) is 28.7. The molecule has 4 aliphatic carbocycles. The van der Waals surface area contributed by atoms with Crippen molar-refractivity contribution in [3.8, 4) is 0 Å². The molecular weight excluding hydrogens is 488 g/mol. The summed E-state index contributed by atoms with van der Waals surface area (Å²) in [5.74, 6) is -4.08. The van der Waals surface area contributed by atoms with Crippen LogP contribution in [0.15, 0.2) is 22.8 Å². The second kappa shape index (κ2) is 8.78. The van der Waals surface area contributed by atoms with Gasteiger partial charge in [0, 0.05) is 52.1 Å². The lowest BCUT2D eigenvalue weighted by Crippen LogP contribution is -2.64. The zero-order valence-electron chi connectivity index (χ0n) is 23.4. The topological polar surface area (TPSA) is 146 Å². The van der Waals surface area contributed by atoms with Crippen LogP contribution >= 0.6 is 0 Å². The van der Waals surface area contributed by atoms with Crippen LogP contribution in [0.4, 0.5) is 0 Å². The van der Waals surface area contributed by atoms with Crippen molar-refractivity contribution >= 4 is 29.1 Å². The number of rotatable bonds is 5. The van der Waals surface area contributed by atoms with Crippen LogP contribution in [0.1, 0.15) is 80.6 Å². The fraction of sp³-hybridized carbons (Fsp3) is 0.700. The van der Waals surface area contributed by atoms with E-state index in [0.717, 1.165) is 0 Å². The first-order valence-electron chi connectivity index (χ1n) is 13.5. The third-order valence-corrected chi connectivity index (χ3v) is 11.1. The number of fused-ring (bicyclic) bond motifs is 4. The fourth-order valence-electron chi connectivity index (χ4n) is 8.51. The number of hydrogen-bond donors (Lipinski definition) is 3. The second-order valence-electron chi connectivity index (χ2n) is 13.3. The van der Waals surface area contributed by atoms with Crippen LogP contribution in [0, 0.1) is 39.4 Å². The van der Waals surface area contributed by atoms with Gasteiger partial charge in [0.2, 0.25) is 0 Å². The van der Waals surface area contributed by atoms with Gasteiger partial charge in [-0.2, -0.15) is 0 Å². The lowest BCUT2D eigenvalue weighted by atomic mass is 9.42. The molecule has 2 saturated carbocycles. The number of aliphatic hydroxyl groups is 2. The maximum Gasteiger partial charge on any atom is 0.306 e. The van der Waals surface area contributed by atoms with Gasteiger partial charge in [-0.3, -0.25) is 24.0 Å². The molecule has 2 fully saturated rings. The van der Waals surface area contributed by atoms with Crippen molar-refractivity contribution in [2.24, 2.45) is 39.4 Å². The van der Waals surface area contributed by atoms with Crippen LogP contribution in [0.3, 0.4) is 0 Å². The van der Waals surface area contributed by atoms with E-state index in [1.807, 2.05) is 20.8 Å². The third-order valence-electron chi connectivity index (χ3n) is 11.1. The van der Waals surface area contributed by atoms with Gasteiger partial charge in [-0.25, -0.2) is 0 Å². The smallest absolute Gasteiger partial charge is 0.306 e. The van der Waals surface area contributed by atoms with Gasteiger partial charge in [-0.1, -0.05) is 47.1 Å².